The van der Waals surface area contributed by atoms with E-state index in [-0.39, 0.29) is 0 Å². The zero-order valence-electron chi connectivity index (χ0n) is 12.1. The molecule has 0 aliphatic rings. The third-order valence-corrected chi connectivity index (χ3v) is 2.93. The Kier molecular flexibility index (Phi) is 4.57. The van der Waals surface area contributed by atoms with Gasteiger partial charge in [0, 0.05) is 24.6 Å². The summed E-state index contributed by atoms with van der Waals surface area (Å²) in [5, 5.41) is 0. The minimum absolute atomic E-state index is 0.429. The molecule has 0 saturated carbocycles. The summed E-state index contributed by atoms with van der Waals surface area (Å²) in [5.74, 6) is -1.15. The molecule has 0 unspecified atom stereocenters. The van der Waals surface area contributed by atoms with E-state index in [4.69, 9.17) is 0 Å². The van der Waals surface area contributed by atoms with Crippen LogP contribution in [0.15, 0.2) is 41.2 Å². The van der Waals surface area contributed by atoms with Crippen LogP contribution in [0.3, 0.4) is 0 Å². The molecular formula is C15H14N2O5. The Morgan fingerprint density at radius 1 is 0.909 bits per heavy atom. The lowest BCUT2D eigenvalue weighted by Crippen LogP contribution is -2.18. The Labute approximate surface area is 125 Å². The van der Waals surface area contributed by atoms with Gasteiger partial charge in [0.05, 0.1) is 25.3 Å². The minimum atomic E-state index is -0.575. The van der Waals surface area contributed by atoms with Gasteiger partial charge in [-0.2, -0.15) is 0 Å². The van der Waals surface area contributed by atoms with Crippen molar-refractivity contribution in [3.8, 4) is 0 Å². The molecular weight excluding hydrogens is 288 g/mol. The van der Waals surface area contributed by atoms with Crippen molar-refractivity contribution < 1.29 is 19.1 Å². The summed E-state index contributed by atoms with van der Waals surface area (Å²) in [7, 11) is 2.50. The maximum atomic E-state index is 12.4. The SMILES string of the molecule is COC(=O)/C=C/n1c(=O)n(/C=C/C(=O)OC)c2ccccc21. The lowest BCUT2D eigenvalue weighted by molar-refractivity contribution is -0.135. The number of hydrogen-bond donors (Lipinski definition) is 0. The highest BCUT2D eigenvalue weighted by Gasteiger charge is 2.09. The molecule has 0 bridgehead atoms. The smallest absolute Gasteiger partial charge is 0.337 e. The quantitative estimate of drug-likeness (QED) is 0.624. The molecule has 0 atom stereocenters. The van der Waals surface area contributed by atoms with Crippen molar-refractivity contribution in [2.75, 3.05) is 14.2 Å². The Hall–Kier alpha value is -3.09. The number of rotatable bonds is 4. The molecule has 0 aliphatic carbocycles. The number of imidazole rings is 1. The van der Waals surface area contributed by atoms with Crippen LogP contribution in [0.1, 0.15) is 0 Å². The molecule has 0 N–H and O–H groups in total. The second kappa shape index (κ2) is 6.57. The second-order valence-corrected chi connectivity index (χ2v) is 4.19. The van der Waals surface area contributed by atoms with Gasteiger partial charge in [-0.1, -0.05) is 12.1 Å². The summed E-state index contributed by atoms with van der Waals surface area (Å²) in [6.45, 7) is 0. The van der Waals surface area contributed by atoms with Gasteiger partial charge in [0.25, 0.3) is 0 Å². The number of esters is 2. The Morgan fingerprint density at radius 2 is 1.32 bits per heavy atom. The third-order valence-electron chi connectivity index (χ3n) is 2.93. The van der Waals surface area contributed by atoms with Crippen molar-refractivity contribution in [1.29, 1.82) is 0 Å². The number of benzene rings is 1. The molecule has 2 rings (SSSR count). The fourth-order valence-electron chi connectivity index (χ4n) is 1.89. The lowest BCUT2D eigenvalue weighted by atomic mass is 10.3. The summed E-state index contributed by atoms with van der Waals surface area (Å²) in [6.07, 6.45) is 4.92. The number of aromatic nitrogens is 2. The first-order valence-corrected chi connectivity index (χ1v) is 6.32. The molecule has 0 radical (unpaired) electrons. The molecule has 22 heavy (non-hydrogen) atoms. The molecule has 7 nitrogen and oxygen atoms in total. The van der Waals surface area contributed by atoms with E-state index in [1.54, 1.807) is 24.3 Å². The van der Waals surface area contributed by atoms with Crippen molar-refractivity contribution >= 4 is 35.4 Å². The summed E-state index contributed by atoms with van der Waals surface area (Å²) in [6, 6.07) is 6.97. The maximum Gasteiger partial charge on any atom is 0.337 e. The summed E-state index contributed by atoms with van der Waals surface area (Å²) >= 11 is 0. The number of methoxy groups -OCH3 is 2. The van der Waals surface area contributed by atoms with Crippen LogP contribution in [0.25, 0.3) is 23.4 Å². The predicted molar refractivity (Wildman–Crippen MR) is 80.9 cm³/mol. The fraction of sp³-hybridized carbons (Fsp3) is 0.133. The molecule has 114 valence electrons. The minimum Gasteiger partial charge on any atom is -0.466 e. The molecule has 0 aliphatic heterocycles. The largest absolute Gasteiger partial charge is 0.466 e. The van der Waals surface area contributed by atoms with Crippen molar-refractivity contribution in [3.63, 3.8) is 0 Å². The molecule has 7 heteroatoms. The van der Waals surface area contributed by atoms with E-state index in [1.807, 2.05) is 0 Å². The number of carbonyl (C=O) groups excluding carboxylic acids is 2. The molecule has 2 aromatic rings. The lowest BCUT2D eigenvalue weighted by Gasteiger charge is -1.94. The molecule has 0 spiro atoms. The number of fused-ring (bicyclic) bond motifs is 1. The highest BCUT2D eigenvalue weighted by atomic mass is 16.5. The zero-order valence-corrected chi connectivity index (χ0v) is 12.1. The standard InChI is InChI=1S/C15H14N2O5/c1-21-13(18)7-9-16-11-5-3-4-6-12(11)17(15(16)20)10-8-14(19)22-2/h3-10H,1-2H3/b9-7+,10-8+. The van der Waals surface area contributed by atoms with Crippen LogP contribution in [0.5, 0.6) is 0 Å². The monoisotopic (exact) mass is 302 g/mol. The van der Waals surface area contributed by atoms with Crippen LogP contribution in [0.4, 0.5) is 0 Å². The first-order chi connectivity index (χ1) is 10.6. The maximum absolute atomic E-state index is 12.4. The Bertz CT molecular complexity index is 760. The van der Waals surface area contributed by atoms with Crippen LogP contribution in [0, 0.1) is 0 Å². The number of hydrogen-bond acceptors (Lipinski definition) is 5. The van der Waals surface area contributed by atoms with E-state index in [2.05, 4.69) is 9.47 Å². The van der Waals surface area contributed by atoms with Gasteiger partial charge in [0.2, 0.25) is 0 Å². The molecule has 1 aromatic carbocycles. The molecule has 0 saturated heterocycles. The topological polar surface area (TPSA) is 79.5 Å². The van der Waals surface area contributed by atoms with E-state index >= 15 is 0 Å². The van der Waals surface area contributed by atoms with Crippen LogP contribution in [0.2, 0.25) is 0 Å². The number of ether oxygens (including phenoxy) is 2. The third kappa shape index (κ3) is 2.98. The molecule has 0 amide bonds. The average molecular weight is 302 g/mol. The first-order valence-electron chi connectivity index (χ1n) is 6.32. The van der Waals surface area contributed by atoms with Crippen molar-refractivity contribution in [2.45, 2.75) is 0 Å². The van der Waals surface area contributed by atoms with Crippen LogP contribution in [-0.4, -0.2) is 35.3 Å². The van der Waals surface area contributed by atoms with Crippen molar-refractivity contribution in [2.24, 2.45) is 0 Å². The van der Waals surface area contributed by atoms with Crippen LogP contribution in [-0.2, 0) is 19.1 Å². The number of para-hydroxylation sites is 2. The van der Waals surface area contributed by atoms with Crippen molar-refractivity contribution in [1.82, 2.24) is 9.13 Å². The van der Waals surface area contributed by atoms with Gasteiger partial charge in [-0.05, 0) is 12.1 Å². The zero-order chi connectivity index (χ0) is 16.1. The molecule has 1 aromatic heterocycles. The van der Waals surface area contributed by atoms with Crippen molar-refractivity contribution in [3.05, 3.63) is 46.9 Å². The summed E-state index contributed by atoms with van der Waals surface area (Å²) in [5.41, 5.74) is 0.742. The predicted octanol–water partition coefficient (Wildman–Crippen LogP) is 1.09. The van der Waals surface area contributed by atoms with Crippen LogP contribution < -0.4 is 5.69 Å². The molecule has 1 heterocycles. The van der Waals surface area contributed by atoms with Crippen LogP contribution >= 0.6 is 0 Å². The number of carbonyl (C=O) groups is 2. The Morgan fingerprint density at radius 3 is 1.68 bits per heavy atom. The van der Waals surface area contributed by atoms with E-state index in [1.165, 1.54) is 35.8 Å². The molecule has 0 fully saturated rings. The normalized spacial score (nSPS) is 11.4. The van der Waals surface area contributed by atoms with E-state index in [0.29, 0.717) is 11.0 Å². The fourth-order valence-corrected chi connectivity index (χ4v) is 1.89. The van der Waals surface area contributed by atoms with Gasteiger partial charge in [0.1, 0.15) is 0 Å². The highest BCUT2D eigenvalue weighted by Crippen LogP contribution is 2.13. The second-order valence-electron chi connectivity index (χ2n) is 4.19. The Balaban J connectivity index is 2.59. The van der Waals surface area contributed by atoms with E-state index in [0.717, 1.165) is 12.2 Å². The first kappa shape index (κ1) is 15.3. The number of nitrogens with zero attached hydrogens (tertiary/aromatic N) is 2. The van der Waals surface area contributed by atoms with Gasteiger partial charge in [-0.25, -0.2) is 14.4 Å². The van der Waals surface area contributed by atoms with Gasteiger partial charge < -0.3 is 9.47 Å². The average Bonchev–Trinajstić information content (AvgIpc) is 2.81. The van der Waals surface area contributed by atoms with Gasteiger partial charge in [0.15, 0.2) is 0 Å². The summed E-state index contributed by atoms with van der Waals surface area (Å²) in [4.78, 5) is 34.8. The van der Waals surface area contributed by atoms with E-state index < -0.39 is 17.6 Å². The summed E-state index contributed by atoms with van der Waals surface area (Å²) < 4.78 is 11.6. The van der Waals surface area contributed by atoms with Gasteiger partial charge in [-0.3, -0.25) is 9.13 Å². The van der Waals surface area contributed by atoms with E-state index in [9.17, 15) is 14.4 Å². The highest BCUT2D eigenvalue weighted by molar-refractivity contribution is 5.88. The van der Waals surface area contributed by atoms with Gasteiger partial charge >= 0.3 is 17.6 Å². The van der Waals surface area contributed by atoms with Gasteiger partial charge in [-0.15, -0.1) is 0 Å².